The lowest BCUT2D eigenvalue weighted by molar-refractivity contribution is -0.116. The molecule has 112 valence electrons. The molecule has 1 rings (SSSR count). The monoisotopic (exact) mass is 297 g/mol. The molecule has 0 spiro atoms. The van der Waals surface area contributed by atoms with Gasteiger partial charge in [-0.15, -0.1) is 11.3 Å². The number of hydrogen-bond acceptors (Lipinski definition) is 4. The predicted molar refractivity (Wildman–Crippen MR) is 82.4 cm³/mol. The number of anilines is 1. The fourth-order valence-electron chi connectivity index (χ4n) is 1.86. The highest BCUT2D eigenvalue weighted by molar-refractivity contribution is 7.18. The van der Waals surface area contributed by atoms with Crippen LogP contribution in [-0.4, -0.2) is 18.5 Å². The number of rotatable bonds is 8. The Hall–Kier alpha value is -1.36. The van der Waals surface area contributed by atoms with E-state index in [4.69, 9.17) is 4.74 Å². The molecule has 1 aromatic rings. The second-order valence-corrected chi connectivity index (χ2v) is 5.75. The standard InChI is InChI=1S/C15H23NO3S/c1-4-6-7-8-9-12(17)16-13-10-11(3)14(20-13)15(18)19-5-2/h10H,4-9H2,1-3H3,(H,16,17). The number of nitrogens with one attached hydrogen (secondary N) is 1. The van der Waals surface area contributed by atoms with Crippen LogP contribution >= 0.6 is 11.3 Å². The molecule has 0 aliphatic carbocycles. The Morgan fingerprint density at radius 3 is 2.65 bits per heavy atom. The summed E-state index contributed by atoms with van der Waals surface area (Å²) in [6.45, 7) is 6.13. The van der Waals surface area contributed by atoms with Crippen LogP contribution in [0, 0.1) is 6.92 Å². The van der Waals surface area contributed by atoms with Gasteiger partial charge in [-0.3, -0.25) is 4.79 Å². The van der Waals surface area contributed by atoms with E-state index in [1.54, 1.807) is 6.92 Å². The van der Waals surface area contributed by atoms with Crippen LogP contribution in [-0.2, 0) is 9.53 Å². The number of unbranched alkanes of at least 4 members (excludes halogenated alkanes) is 3. The number of hydrogen-bond donors (Lipinski definition) is 1. The van der Waals surface area contributed by atoms with Gasteiger partial charge in [-0.05, 0) is 31.9 Å². The number of thiophene rings is 1. The largest absolute Gasteiger partial charge is 0.462 e. The smallest absolute Gasteiger partial charge is 0.348 e. The second-order valence-electron chi connectivity index (χ2n) is 4.70. The van der Waals surface area contributed by atoms with Crippen LogP contribution in [0.5, 0.6) is 0 Å². The zero-order chi connectivity index (χ0) is 15.0. The van der Waals surface area contributed by atoms with Crippen molar-refractivity contribution in [2.45, 2.75) is 52.9 Å². The third-order valence-electron chi connectivity index (χ3n) is 2.90. The summed E-state index contributed by atoms with van der Waals surface area (Å²) in [5.41, 5.74) is 0.842. The van der Waals surface area contributed by atoms with Gasteiger partial charge in [-0.1, -0.05) is 26.2 Å². The first-order valence-electron chi connectivity index (χ1n) is 7.15. The summed E-state index contributed by atoms with van der Waals surface area (Å²) in [5.74, 6) is -0.309. The predicted octanol–water partition coefficient (Wildman–Crippen LogP) is 4.14. The highest BCUT2D eigenvalue weighted by Crippen LogP contribution is 2.27. The van der Waals surface area contributed by atoms with Crippen molar-refractivity contribution in [2.75, 3.05) is 11.9 Å². The zero-order valence-corrected chi connectivity index (χ0v) is 13.3. The first-order chi connectivity index (χ1) is 9.58. The highest BCUT2D eigenvalue weighted by Gasteiger charge is 2.15. The van der Waals surface area contributed by atoms with E-state index in [-0.39, 0.29) is 11.9 Å². The molecule has 0 saturated carbocycles. The van der Waals surface area contributed by atoms with E-state index in [9.17, 15) is 9.59 Å². The van der Waals surface area contributed by atoms with Gasteiger partial charge in [0, 0.05) is 6.42 Å². The van der Waals surface area contributed by atoms with Crippen LogP contribution < -0.4 is 5.32 Å². The van der Waals surface area contributed by atoms with E-state index in [0.717, 1.165) is 24.8 Å². The molecular formula is C15H23NO3S. The number of amides is 1. The summed E-state index contributed by atoms with van der Waals surface area (Å²) in [4.78, 5) is 24.0. The number of carbonyl (C=O) groups is 2. The molecule has 0 fully saturated rings. The minimum Gasteiger partial charge on any atom is -0.462 e. The average molecular weight is 297 g/mol. The van der Waals surface area contributed by atoms with E-state index in [1.807, 2.05) is 13.0 Å². The summed E-state index contributed by atoms with van der Waals surface area (Å²) in [6, 6.07) is 1.82. The highest BCUT2D eigenvalue weighted by atomic mass is 32.1. The van der Waals surface area contributed by atoms with Crippen LogP contribution in [0.3, 0.4) is 0 Å². The van der Waals surface area contributed by atoms with E-state index in [1.165, 1.54) is 17.8 Å². The summed E-state index contributed by atoms with van der Waals surface area (Å²) in [6.07, 6.45) is 4.86. The van der Waals surface area contributed by atoms with Crippen molar-refractivity contribution in [3.8, 4) is 0 Å². The Labute approximate surface area is 124 Å². The van der Waals surface area contributed by atoms with Crippen molar-refractivity contribution in [1.82, 2.24) is 0 Å². The van der Waals surface area contributed by atoms with Crippen LogP contribution in [0.1, 0.15) is 61.2 Å². The molecule has 1 aromatic heterocycles. The Balaban J connectivity index is 2.50. The maximum absolute atomic E-state index is 11.8. The molecule has 20 heavy (non-hydrogen) atoms. The summed E-state index contributed by atoms with van der Waals surface area (Å²) in [5, 5.41) is 3.56. The third-order valence-corrected chi connectivity index (χ3v) is 4.03. The molecule has 1 amide bonds. The summed E-state index contributed by atoms with van der Waals surface area (Å²) >= 11 is 1.27. The van der Waals surface area contributed by atoms with Crippen molar-refractivity contribution < 1.29 is 14.3 Å². The molecule has 1 heterocycles. The molecular weight excluding hydrogens is 274 g/mol. The van der Waals surface area contributed by atoms with E-state index < -0.39 is 0 Å². The van der Waals surface area contributed by atoms with Crippen LogP contribution in [0.4, 0.5) is 5.00 Å². The molecule has 0 unspecified atom stereocenters. The van der Waals surface area contributed by atoms with Gasteiger partial charge < -0.3 is 10.1 Å². The first kappa shape index (κ1) is 16.7. The van der Waals surface area contributed by atoms with Crippen molar-refractivity contribution in [3.63, 3.8) is 0 Å². The van der Waals surface area contributed by atoms with Crippen LogP contribution in [0.2, 0.25) is 0 Å². The Morgan fingerprint density at radius 1 is 1.25 bits per heavy atom. The van der Waals surface area contributed by atoms with Gasteiger partial charge in [0.1, 0.15) is 4.88 Å². The fourth-order valence-corrected chi connectivity index (χ4v) is 2.84. The maximum atomic E-state index is 11.8. The molecule has 0 aliphatic rings. The van der Waals surface area contributed by atoms with Crippen molar-refractivity contribution in [2.24, 2.45) is 0 Å². The number of ether oxygens (including phenoxy) is 1. The lowest BCUT2D eigenvalue weighted by atomic mass is 10.1. The minimum absolute atomic E-state index is 0.0118. The average Bonchev–Trinajstić information content (AvgIpc) is 2.76. The van der Waals surface area contributed by atoms with Gasteiger partial charge in [-0.25, -0.2) is 4.79 Å². The molecule has 0 bridgehead atoms. The second kappa shape index (κ2) is 8.74. The van der Waals surface area contributed by atoms with Gasteiger partial charge in [-0.2, -0.15) is 0 Å². The minimum atomic E-state index is -0.321. The summed E-state index contributed by atoms with van der Waals surface area (Å²) < 4.78 is 4.98. The van der Waals surface area contributed by atoms with Crippen LogP contribution in [0.25, 0.3) is 0 Å². The molecule has 4 nitrogen and oxygen atoms in total. The number of esters is 1. The van der Waals surface area contributed by atoms with Gasteiger partial charge in [0.25, 0.3) is 0 Å². The van der Waals surface area contributed by atoms with Gasteiger partial charge in [0.15, 0.2) is 0 Å². The van der Waals surface area contributed by atoms with E-state index in [0.29, 0.717) is 22.9 Å². The lowest BCUT2D eigenvalue weighted by Crippen LogP contribution is -2.09. The third kappa shape index (κ3) is 5.33. The van der Waals surface area contributed by atoms with Crippen LogP contribution in [0.15, 0.2) is 6.07 Å². The molecule has 0 saturated heterocycles. The fraction of sp³-hybridized carbons (Fsp3) is 0.600. The van der Waals surface area contributed by atoms with Crippen molar-refractivity contribution in [1.29, 1.82) is 0 Å². The maximum Gasteiger partial charge on any atom is 0.348 e. The zero-order valence-electron chi connectivity index (χ0n) is 12.5. The molecule has 0 radical (unpaired) electrons. The summed E-state index contributed by atoms with van der Waals surface area (Å²) in [7, 11) is 0. The van der Waals surface area contributed by atoms with Gasteiger partial charge in [0.2, 0.25) is 5.91 Å². The molecule has 0 aromatic carbocycles. The molecule has 1 N–H and O–H groups in total. The number of aryl methyl sites for hydroxylation is 1. The Bertz CT molecular complexity index is 454. The van der Waals surface area contributed by atoms with Gasteiger partial charge >= 0.3 is 5.97 Å². The molecule has 0 aliphatic heterocycles. The van der Waals surface area contributed by atoms with Crippen molar-refractivity contribution >= 4 is 28.2 Å². The Kier molecular flexibility index (Phi) is 7.30. The van der Waals surface area contributed by atoms with E-state index >= 15 is 0 Å². The molecule has 5 heteroatoms. The van der Waals surface area contributed by atoms with Crippen molar-refractivity contribution in [3.05, 3.63) is 16.5 Å². The SMILES string of the molecule is CCCCCCC(=O)Nc1cc(C)c(C(=O)OCC)s1. The lowest BCUT2D eigenvalue weighted by Gasteiger charge is -2.02. The van der Waals surface area contributed by atoms with E-state index in [2.05, 4.69) is 12.2 Å². The first-order valence-corrected chi connectivity index (χ1v) is 7.97. The van der Waals surface area contributed by atoms with Gasteiger partial charge in [0.05, 0.1) is 11.6 Å². The normalized spacial score (nSPS) is 10.3. The quantitative estimate of drug-likeness (QED) is 0.579. The topological polar surface area (TPSA) is 55.4 Å². The Morgan fingerprint density at radius 2 is 2.00 bits per heavy atom. The number of carbonyl (C=O) groups excluding carboxylic acids is 2. The molecule has 0 atom stereocenters.